The Bertz CT molecular complexity index is 135. The SMILES string of the molecule is FC(F)(F)C1([SiH3])CCCCC1. The van der Waals surface area contributed by atoms with E-state index in [2.05, 4.69) is 0 Å². The molecular weight excluding hydrogens is 169 g/mol. The van der Waals surface area contributed by atoms with E-state index < -0.39 is 11.2 Å². The predicted octanol–water partition coefficient (Wildman–Crippen LogP) is 2.04. The van der Waals surface area contributed by atoms with Crippen LogP contribution in [0, 0.1) is 0 Å². The van der Waals surface area contributed by atoms with E-state index >= 15 is 0 Å². The summed E-state index contributed by atoms with van der Waals surface area (Å²) in [6.07, 6.45) is -0.656. The molecule has 0 nitrogen and oxygen atoms in total. The number of hydrogen-bond acceptors (Lipinski definition) is 0. The number of alkyl halides is 3. The van der Waals surface area contributed by atoms with Crippen molar-refractivity contribution < 1.29 is 13.2 Å². The molecule has 0 aromatic heterocycles. The maximum absolute atomic E-state index is 12.4. The van der Waals surface area contributed by atoms with Crippen molar-refractivity contribution in [2.75, 3.05) is 0 Å². The fourth-order valence-electron chi connectivity index (χ4n) is 1.62. The van der Waals surface area contributed by atoms with E-state index in [-0.39, 0.29) is 10.2 Å². The molecule has 66 valence electrons. The average Bonchev–Trinajstić information content (AvgIpc) is 1.87. The van der Waals surface area contributed by atoms with Crippen LogP contribution >= 0.6 is 0 Å². The zero-order valence-corrected chi connectivity index (χ0v) is 8.67. The molecule has 11 heavy (non-hydrogen) atoms. The van der Waals surface area contributed by atoms with E-state index in [1.165, 1.54) is 0 Å². The lowest BCUT2D eigenvalue weighted by Gasteiger charge is -2.35. The minimum atomic E-state index is -3.93. The van der Waals surface area contributed by atoms with Crippen molar-refractivity contribution in [1.82, 2.24) is 0 Å². The molecule has 0 aromatic carbocycles. The molecule has 0 atom stereocenters. The third-order valence-electron chi connectivity index (χ3n) is 2.64. The molecule has 0 amide bonds. The molecule has 1 fully saturated rings. The van der Waals surface area contributed by atoms with Crippen LogP contribution < -0.4 is 0 Å². The van der Waals surface area contributed by atoms with Gasteiger partial charge in [0, 0.05) is 15.3 Å². The summed E-state index contributed by atoms with van der Waals surface area (Å²) >= 11 is 0. The van der Waals surface area contributed by atoms with Gasteiger partial charge in [-0.1, -0.05) is 19.3 Å². The molecule has 1 aliphatic rings. The van der Waals surface area contributed by atoms with Crippen molar-refractivity contribution in [2.24, 2.45) is 0 Å². The Balaban J connectivity index is 2.64. The topological polar surface area (TPSA) is 0 Å². The number of hydrogen-bond donors (Lipinski definition) is 0. The molecule has 0 unspecified atom stereocenters. The van der Waals surface area contributed by atoms with Gasteiger partial charge >= 0.3 is 6.18 Å². The van der Waals surface area contributed by atoms with Crippen LogP contribution in [0.2, 0.25) is 5.04 Å². The summed E-state index contributed by atoms with van der Waals surface area (Å²) in [7, 11) is 0.264. The van der Waals surface area contributed by atoms with E-state index in [0.717, 1.165) is 19.3 Å². The van der Waals surface area contributed by atoms with Gasteiger partial charge in [-0.15, -0.1) is 0 Å². The van der Waals surface area contributed by atoms with E-state index in [9.17, 15) is 13.2 Å². The van der Waals surface area contributed by atoms with Crippen LogP contribution in [0.15, 0.2) is 0 Å². The first-order chi connectivity index (χ1) is 4.96. The Labute approximate surface area is 67.6 Å². The predicted molar refractivity (Wildman–Crippen MR) is 41.8 cm³/mol. The molecule has 0 radical (unpaired) electrons. The van der Waals surface area contributed by atoms with Crippen LogP contribution in [0.5, 0.6) is 0 Å². The van der Waals surface area contributed by atoms with Gasteiger partial charge in [0.1, 0.15) is 0 Å². The summed E-state index contributed by atoms with van der Waals surface area (Å²) < 4.78 is 37.1. The minimum absolute atomic E-state index is 0.264. The van der Waals surface area contributed by atoms with Gasteiger partial charge in [0.2, 0.25) is 0 Å². The molecule has 0 N–H and O–H groups in total. The first-order valence-electron chi connectivity index (χ1n) is 4.02. The van der Waals surface area contributed by atoms with Gasteiger partial charge in [-0.2, -0.15) is 13.2 Å². The van der Waals surface area contributed by atoms with E-state index in [1.807, 2.05) is 0 Å². The Kier molecular flexibility index (Phi) is 2.32. The lowest BCUT2D eigenvalue weighted by Crippen LogP contribution is -2.33. The number of rotatable bonds is 0. The molecule has 0 spiro atoms. The Morgan fingerprint density at radius 2 is 1.45 bits per heavy atom. The van der Waals surface area contributed by atoms with E-state index in [0.29, 0.717) is 12.8 Å². The van der Waals surface area contributed by atoms with Crippen molar-refractivity contribution in [1.29, 1.82) is 0 Å². The number of halogens is 3. The van der Waals surface area contributed by atoms with Crippen molar-refractivity contribution in [2.45, 2.75) is 43.3 Å². The second-order valence-corrected chi connectivity index (χ2v) is 5.53. The molecule has 0 heterocycles. The highest BCUT2D eigenvalue weighted by molar-refractivity contribution is 6.15. The molecule has 1 rings (SSSR count). The van der Waals surface area contributed by atoms with Gasteiger partial charge in [0.05, 0.1) is 0 Å². The molecular formula is C7H13F3Si. The average molecular weight is 182 g/mol. The zero-order valence-electron chi connectivity index (χ0n) is 6.67. The van der Waals surface area contributed by atoms with E-state index in [1.54, 1.807) is 0 Å². The molecule has 0 bridgehead atoms. The third kappa shape index (κ3) is 1.78. The van der Waals surface area contributed by atoms with Gasteiger partial charge in [-0.05, 0) is 12.8 Å². The maximum Gasteiger partial charge on any atom is 0.391 e. The summed E-state index contributed by atoms with van der Waals surface area (Å²) in [5, 5.41) is -1.24. The Morgan fingerprint density at radius 1 is 1.00 bits per heavy atom. The van der Waals surface area contributed by atoms with Crippen LogP contribution in [-0.4, -0.2) is 16.4 Å². The molecule has 1 saturated carbocycles. The fraction of sp³-hybridized carbons (Fsp3) is 1.00. The van der Waals surface area contributed by atoms with Crippen LogP contribution in [-0.2, 0) is 0 Å². The smallest absolute Gasteiger partial charge is 0.171 e. The van der Waals surface area contributed by atoms with Crippen molar-refractivity contribution in [3.63, 3.8) is 0 Å². The highest BCUT2D eigenvalue weighted by Gasteiger charge is 2.50. The second-order valence-electron chi connectivity index (χ2n) is 3.62. The van der Waals surface area contributed by atoms with Gasteiger partial charge in [-0.25, -0.2) is 0 Å². The monoisotopic (exact) mass is 182 g/mol. The molecule has 1 aliphatic carbocycles. The van der Waals surface area contributed by atoms with Gasteiger partial charge in [-0.3, -0.25) is 0 Å². The minimum Gasteiger partial charge on any atom is -0.171 e. The standard InChI is InChI=1S/C7H13F3Si/c8-7(9,10)6(11)4-2-1-3-5-6/h1-5H2,11H3. The molecule has 0 saturated heterocycles. The van der Waals surface area contributed by atoms with E-state index in [4.69, 9.17) is 0 Å². The summed E-state index contributed by atoms with van der Waals surface area (Å²) in [4.78, 5) is 0. The van der Waals surface area contributed by atoms with Crippen LogP contribution in [0.25, 0.3) is 0 Å². The molecule has 0 aliphatic heterocycles. The highest BCUT2D eigenvalue weighted by Crippen LogP contribution is 2.52. The van der Waals surface area contributed by atoms with Crippen LogP contribution in [0.3, 0.4) is 0 Å². The molecule has 4 heteroatoms. The Hall–Kier alpha value is 0.00688. The quantitative estimate of drug-likeness (QED) is 0.503. The summed E-state index contributed by atoms with van der Waals surface area (Å²) in [5.41, 5.74) is 0. The zero-order chi connectivity index (χ0) is 8.54. The van der Waals surface area contributed by atoms with Gasteiger partial charge in [0.25, 0.3) is 0 Å². The van der Waals surface area contributed by atoms with Gasteiger partial charge in [0.15, 0.2) is 0 Å². The van der Waals surface area contributed by atoms with Crippen LogP contribution in [0.4, 0.5) is 13.2 Å². The first-order valence-corrected chi connectivity index (χ1v) is 5.02. The second kappa shape index (κ2) is 2.81. The largest absolute Gasteiger partial charge is 0.391 e. The third-order valence-corrected chi connectivity index (χ3v) is 4.21. The first kappa shape index (κ1) is 9.10. The highest BCUT2D eigenvalue weighted by atomic mass is 28.1. The lowest BCUT2D eigenvalue weighted by atomic mass is 9.87. The lowest BCUT2D eigenvalue weighted by molar-refractivity contribution is -0.172. The normalized spacial score (nSPS) is 25.4. The fourth-order valence-corrected chi connectivity index (χ4v) is 2.32. The van der Waals surface area contributed by atoms with Crippen molar-refractivity contribution >= 4 is 10.2 Å². The summed E-state index contributed by atoms with van der Waals surface area (Å²) in [6, 6.07) is 0. The van der Waals surface area contributed by atoms with Gasteiger partial charge < -0.3 is 0 Å². The maximum atomic E-state index is 12.4. The molecule has 0 aromatic rings. The summed E-state index contributed by atoms with van der Waals surface area (Å²) in [5.74, 6) is 0. The summed E-state index contributed by atoms with van der Waals surface area (Å²) in [6.45, 7) is 0. The Morgan fingerprint density at radius 3 is 1.73 bits per heavy atom. The van der Waals surface area contributed by atoms with Crippen molar-refractivity contribution in [3.05, 3.63) is 0 Å². The van der Waals surface area contributed by atoms with Crippen molar-refractivity contribution in [3.8, 4) is 0 Å². The van der Waals surface area contributed by atoms with Crippen LogP contribution in [0.1, 0.15) is 32.1 Å².